The summed E-state index contributed by atoms with van der Waals surface area (Å²) in [6, 6.07) is 0. The maximum absolute atomic E-state index is 11.7. The number of carbonyl (C=O) groups excluding carboxylic acids is 1. The molecule has 0 atom stereocenters. The van der Waals surface area contributed by atoms with Gasteiger partial charge in [-0.05, 0) is 39.0 Å². The largest absolute Gasteiger partial charge is 0.465 e. The molecule has 0 aliphatic rings. The highest BCUT2D eigenvalue weighted by atomic mass is 16.5. The lowest BCUT2D eigenvalue weighted by Gasteiger charge is -2.26. The highest BCUT2D eigenvalue weighted by molar-refractivity contribution is 5.76. The van der Waals surface area contributed by atoms with Gasteiger partial charge in [-0.3, -0.25) is 4.79 Å². The predicted octanol–water partition coefficient (Wildman–Crippen LogP) is 2.37. The van der Waals surface area contributed by atoms with Crippen LogP contribution in [0.4, 0.5) is 0 Å². The van der Waals surface area contributed by atoms with E-state index in [1.807, 2.05) is 27.7 Å². The maximum atomic E-state index is 11.7. The van der Waals surface area contributed by atoms with E-state index in [9.17, 15) is 4.79 Å². The van der Waals surface area contributed by atoms with E-state index in [0.717, 1.165) is 19.3 Å². The second-order valence-electron chi connectivity index (χ2n) is 4.80. The van der Waals surface area contributed by atoms with Crippen LogP contribution < -0.4 is 0 Å². The molecular weight excluding hydrogens is 192 g/mol. The average molecular weight is 216 g/mol. The van der Waals surface area contributed by atoms with Crippen molar-refractivity contribution >= 4 is 5.97 Å². The number of ether oxygens (including phenoxy) is 1. The Morgan fingerprint density at radius 1 is 1.27 bits per heavy atom. The van der Waals surface area contributed by atoms with Crippen LogP contribution in [0.2, 0.25) is 0 Å². The van der Waals surface area contributed by atoms with Crippen LogP contribution in [0.15, 0.2) is 0 Å². The number of carbonyl (C=O) groups is 1. The fourth-order valence-corrected chi connectivity index (χ4v) is 0.977. The van der Waals surface area contributed by atoms with E-state index in [1.54, 1.807) is 0 Å². The highest BCUT2D eigenvalue weighted by Crippen LogP contribution is 2.27. The molecule has 15 heavy (non-hydrogen) atoms. The molecule has 0 unspecified atom stereocenters. The van der Waals surface area contributed by atoms with Crippen LogP contribution in [0.3, 0.4) is 0 Å². The van der Waals surface area contributed by atoms with Crippen LogP contribution in [-0.4, -0.2) is 24.3 Å². The summed E-state index contributed by atoms with van der Waals surface area (Å²) in [5.74, 6) is 0.156. The van der Waals surface area contributed by atoms with Gasteiger partial charge in [0.15, 0.2) is 0 Å². The first-order chi connectivity index (χ1) is 6.92. The van der Waals surface area contributed by atoms with Gasteiger partial charge in [-0.15, -0.1) is 0 Å². The summed E-state index contributed by atoms with van der Waals surface area (Å²) in [6.45, 7) is 8.54. The van der Waals surface area contributed by atoms with Crippen LogP contribution in [0.1, 0.15) is 47.0 Å². The molecule has 0 fully saturated rings. The third-order valence-electron chi connectivity index (χ3n) is 3.01. The fourth-order valence-electron chi connectivity index (χ4n) is 0.977. The van der Waals surface area contributed by atoms with Gasteiger partial charge in [0.05, 0.1) is 12.0 Å². The molecule has 0 amide bonds. The molecule has 0 aromatic heterocycles. The van der Waals surface area contributed by atoms with E-state index in [4.69, 9.17) is 9.84 Å². The quantitative estimate of drug-likeness (QED) is 0.525. The van der Waals surface area contributed by atoms with Gasteiger partial charge >= 0.3 is 5.97 Å². The molecule has 0 rings (SSSR count). The maximum Gasteiger partial charge on any atom is 0.311 e. The van der Waals surface area contributed by atoms with E-state index in [2.05, 4.69) is 0 Å². The Kier molecular flexibility index (Phi) is 6.57. The molecule has 0 bridgehead atoms. The summed E-state index contributed by atoms with van der Waals surface area (Å²) in [6.07, 6.45) is 2.53. The van der Waals surface area contributed by atoms with E-state index >= 15 is 0 Å². The third-order valence-corrected chi connectivity index (χ3v) is 3.01. The number of hydrogen-bond acceptors (Lipinski definition) is 3. The minimum absolute atomic E-state index is 0.124. The van der Waals surface area contributed by atoms with Gasteiger partial charge in [0.25, 0.3) is 0 Å². The molecule has 0 saturated heterocycles. The molecule has 0 aliphatic carbocycles. The van der Waals surface area contributed by atoms with Crippen molar-refractivity contribution in [1.82, 2.24) is 0 Å². The Balaban J connectivity index is 3.74. The zero-order valence-corrected chi connectivity index (χ0v) is 10.4. The molecule has 0 aromatic carbocycles. The van der Waals surface area contributed by atoms with Gasteiger partial charge in [0.2, 0.25) is 0 Å². The van der Waals surface area contributed by atoms with Crippen LogP contribution in [0.25, 0.3) is 0 Å². The van der Waals surface area contributed by atoms with Gasteiger partial charge in [0, 0.05) is 6.61 Å². The zero-order valence-electron chi connectivity index (χ0n) is 10.4. The van der Waals surface area contributed by atoms with E-state index < -0.39 is 5.41 Å². The molecule has 0 aromatic rings. The number of hydrogen-bond donors (Lipinski definition) is 1. The topological polar surface area (TPSA) is 46.5 Å². The molecule has 0 saturated carbocycles. The fraction of sp³-hybridized carbons (Fsp3) is 0.917. The van der Waals surface area contributed by atoms with Crippen molar-refractivity contribution in [1.29, 1.82) is 0 Å². The van der Waals surface area contributed by atoms with Gasteiger partial charge < -0.3 is 9.84 Å². The van der Waals surface area contributed by atoms with Crippen LogP contribution in [-0.2, 0) is 9.53 Å². The normalized spacial score (nSPS) is 11.9. The molecule has 90 valence electrons. The minimum atomic E-state index is -0.406. The molecule has 0 spiro atoms. The summed E-state index contributed by atoms with van der Waals surface area (Å²) >= 11 is 0. The van der Waals surface area contributed by atoms with Crippen molar-refractivity contribution in [3.8, 4) is 0 Å². The number of aliphatic hydroxyl groups excluding tert-OH is 1. The first-order valence-corrected chi connectivity index (χ1v) is 5.71. The first-order valence-electron chi connectivity index (χ1n) is 5.71. The van der Waals surface area contributed by atoms with Crippen LogP contribution in [0, 0.1) is 11.3 Å². The molecule has 0 heterocycles. The van der Waals surface area contributed by atoms with Crippen molar-refractivity contribution in [2.75, 3.05) is 13.2 Å². The Hall–Kier alpha value is -0.570. The molecular formula is C12H24O3. The summed E-state index contributed by atoms with van der Waals surface area (Å²) < 4.78 is 5.19. The van der Waals surface area contributed by atoms with Crippen LogP contribution >= 0.6 is 0 Å². The Bertz CT molecular complexity index is 185. The summed E-state index contributed by atoms with van der Waals surface area (Å²) in [4.78, 5) is 11.7. The molecule has 3 heteroatoms. The molecule has 1 N–H and O–H groups in total. The van der Waals surface area contributed by atoms with Gasteiger partial charge in [-0.1, -0.05) is 13.8 Å². The van der Waals surface area contributed by atoms with Crippen molar-refractivity contribution in [3.63, 3.8) is 0 Å². The Labute approximate surface area is 92.8 Å². The van der Waals surface area contributed by atoms with Gasteiger partial charge in [-0.2, -0.15) is 0 Å². The average Bonchev–Trinajstić information content (AvgIpc) is 2.16. The second kappa shape index (κ2) is 6.83. The van der Waals surface area contributed by atoms with Gasteiger partial charge in [0.1, 0.15) is 0 Å². The van der Waals surface area contributed by atoms with Crippen molar-refractivity contribution in [3.05, 3.63) is 0 Å². The van der Waals surface area contributed by atoms with E-state index in [-0.39, 0.29) is 18.5 Å². The first kappa shape index (κ1) is 14.4. The molecule has 3 nitrogen and oxygen atoms in total. The standard InChI is InChI=1S/C12H24O3/c1-10(2)12(3,4)11(14)15-9-7-5-6-8-13/h10,13H,5-9H2,1-4H3. The SMILES string of the molecule is CC(C)C(C)(C)C(=O)OCCCCCO. The lowest BCUT2D eigenvalue weighted by atomic mass is 9.81. The smallest absolute Gasteiger partial charge is 0.311 e. The van der Waals surface area contributed by atoms with Crippen molar-refractivity contribution in [2.45, 2.75) is 47.0 Å². The van der Waals surface area contributed by atoms with Gasteiger partial charge in [-0.25, -0.2) is 0 Å². The summed E-state index contributed by atoms with van der Waals surface area (Å²) in [5, 5.41) is 8.57. The monoisotopic (exact) mass is 216 g/mol. The Morgan fingerprint density at radius 3 is 2.33 bits per heavy atom. The Morgan fingerprint density at radius 2 is 1.87 bits per heavy atom. The number of rotatable bonds is 7. The zero-order chi connectivity index (χ0) is 11.9. The summed E-state index contributed by atoms with van der Waals surface area (Å²) in [5.41, 5.74) is -0.406. The predicted molar refractivity (Wildman–Crippen MR) is 60.5 cm³/mol. The lowest BCUT2D eigenvalue weighted by Crippen LogP contribution is -2.32. The molecule has 0 radical (unpaired) electrons. The van der Waals surface area contributed by atoms with E-state index in [0.29, 0.717) is 6.61 Å². The second-order valence-corrected chi connectivity index (χ2v) is 4.80. The highest BCUT2D eigenvalue weighted by Gasteiger charge is 2.32. The third kappa shape index (κ3) is 5.17. The van der Waals surface area contributed by atoms with Crippen LogP contribution in [0.5, 0.6) is 0 Å². The number of unbranched alkanes of at least 4 members (excludes halogenated alkanes) is 2. The minimum Gasteiger partial charge on any atom is -0.465 e. The number of esters is 1. The lowest BCUT2D eigenvalue weighted by molar-refractivity contribution is -0.156. The number of aliphatic hydroxyl groups is 1. The van der Waals surface area contributed by atoms with Crippen molar-refractivity contribution in [2.24, 2.45) is 11.3 Å². The molecule has 0 aliphatic heterocycles. The summed E-state index contributed by atoms with van der Waals surface area (Å²) in [7, 11) is 0. The van der Waals surface area contributed by atoms with Crippen molar-refractivity contribution < 1.29 is 14.6 Å². The van der Waals surface area contributed by atoms with E-state index in [1.165, 1.54) is 0 Å².